The Morgan fingerprint density at radius 3 is 2.08 bits per heavy atom. The van der Waals surface area contributed by atoms with Crippen LogP contribution in [-0.2, 0) is 23.7 Å². The number of alkyl halides is 6. The van der Waals surface area contributed by atoms with Crippen molar-refractivity contribution >= 4 is 23.2 Å². The van der Waals surface area contributed by atoms with Gasteiger partial charge < -0.3 is 21.1 Å². The first kappa shape index (κ1) is 27.5. The Morgan fingerprint density at radius 2 is 1.46 bits per heavy atom. The maximum atomic E-state index is 13.0. The number of hydrogen-bond acceptors (Lipinski definition) is 4. The van der Waals surface area contributed by atoms with Crippen molar-refractivity contribution in [2.24, 2.45) is 0 Å². The van der Waals surface area contributed by atoms with Gasteiger partial charge >= 0.3 is 12.4 Å². The predicted octanol–water partition coefficient (Wildman–Crippen LogP) is 4.87. The number of carbonyl (C=O) groups is 2. The van der Waals surface area contributed by atoms with Gasteiger partial charge in [0, 0.05) is 12.2 Å². The van der Waals surface area contributed by atoms with Gasteiger partial charge in [-0.1, -0.05) is 30.3 Å². The van der Waals surface area contributed by atoms with E-state index in [0.717, 1.165) is 24.3 Å². The fourth-order valence-corrected chi connectivity index (χ4v) is 3.27. The molecule has 37 heavy (non-hydrogen) atoms. The maximum Gasteiger partial charge on any atom is 0.416 e. The number of amides is 2. The van der Waals surface area contributed by atoms with Crippen molar-refractivity contribution in [3.63, 3.8) is 0 Å². The Bertz CT molecular complexity index is 1240. The minimum Gasteiger partial charge on any atom is -0.394 e. The first-order valence-corrected chi connectivity index (χ1v) is 10.8. The molecule has 0 radical (unpaired) electrons. The molecular weight excluding hydrogens is 504 g/mol. The number of rotatable bonds is 8. The topological polar surface area (TPSA) is 90.5 Å². The molecule has 0 heterocycles. The molecule has 0 aliphatic heterocycles. The second-order valence-corrected chi connectivity index (χ2v) is 7.87. The maximum absolute atomic E-state index is 13.0. The molecule has 2 amide bonds. The van der Waals surface area contributed by atoms with E-state index in [1.165, 1.54) is 42.5 Å². The average molecular weight is 525 g/mol. The van der Waals surface area contributed by atoms with Crippen LogP contribution in [-0.4, -0.2) is 29.6 Å². The van der Waals surface area contributed by atoms with Crippen molar-refractivity contribution in [3.8, 4) is 0 Å². The molecule has 6 nitrogen and oxygen atoms in total. The smallest absolute Gasteiger partial charge is 0.394 e. The van der Waals surface area contributed by atoms with Crippen LogP contribution < -0.4 is 16.0 Å². The number of anilines is 2. The lowest BCUT2D eigenvalue weighted by Gasteiger charge is -2.18. The SMILES string of the molecule is O=C(NC(CO)C(=O)NCc1ccc(C(F)(F)F)cc1)c1ccccc1Nc1cccc(C(F)(F)F)c1. The molecule has 4 N–H and O–H groups in total. The zero-order chi connectivity index (χ0) is 27.2. The Kier molecular flexibility index (Phi) is 8.43. The monoisotopic (exact) mass is 525 g/mol. The van der Waals surface area contributed by atoms with E-state index in [1.54, 1.807) is 6.07 Å². The molecule has 0 saturated carbocycles. The molecule has 1 atom stereocenters. The number of benzene rings is 3. The van der Waals surface area contributed by atoms with Gasteiger partial charge in [0.1, 0.15) is 6.04 Å². The van der Waals surface area contributed by atoms with Crippen LogP contribution >= 0.6 is 0 Å². The molecule has 0 spiro atoms. The van der Waals surface area contributed by atoms with E-state index in [2.05, 4.69) is 16.0 Å². The number of hydrogen-bond donors (Lipinski definition) is 4. The van der Waals surface area contributed by atoms with Gasteiger partial charge in [0.05, 0.1) is 29.0 Å². The van der Waals surface area contributed by atoms with E-state index in [0.29, 0.717) is 5.56 Å². The molecule has 196 valence electrons. The number of carbonyl (C=O) groups excluding carboxylic acids is 2. The first-order valence-electron chi connectivity index (χ1n) is 10.8. The second kappa shape index (κ2) is 11.3. The van der Waals surface area contributed by atoms with Crippen molar-refractivity contribution in [2.45, 2.75) is 24.9 Å². The Morgan fingerprint density at radius 1 is 0.811 bits per heavy atom. The third kappa shape index (κ3) is 7.46. The Labute approximate surface area is 207 Å². The van der Waals surface area contributed by atoms with E-state index < -0.39 is 47.9 Å². The highest BCUT2D eigenvalue weighted by molar-refractivity contribution is 6.02. The van der Waals surface area contributed by atoms with Crippen molar-refractivity contribution < 1.29 is 41.0 Å². The second-order valence-electron chi connectivity index (χ2n) is 7.87. The summed E-state index contributed by atoms with van der Waals surface area (Å²) in [6.07, 6.45) is -9.06. The van der Waals surface area contributed by atoms with Crippen molar-refractivity contribution in [3.05, 3.63) is 95.1 Å². The molecule has 1 unspecified atom stereocenters. The van der Waals surface area contributed by atoms with Crippen LogP contribution in [0.1, 0.15) is 27.0 Å². The summed E-state index contributed by atoms with van der Waals surface area (Å²) in [5, 5.41) is 17.1. The van der Waals surface area contributed by atoms with Crippen LogP contribution in [0.15, 0.2) is 72.8 Å². The molecular formula is C25H21F6N3O3. The lowest BCUT2D eigenvalue weighted by molar-refractivity contribution is -0.138. The van der Waals surface area contributed by atoms with Crippen LogP contribution in [0.5, 0.6) is 0 Å². The molecule has 0 saturated heterocycles. The summed E-state index contributed by atoms with van der Waals surface area (Å²) in [7, 11) is 0. The summed E-state index contributed by atoms with van der Waals surface area (Å²) in [5.41, 5.74) is -1.15. The quantitative estimate of drug-likeness (QED) is 0.316. The highest BCUT2D eigenvalue weighted by Crippen LogP contribution is 2.32. The molecule has 0 fully saturated rings. The van der Waals surface area contributed by atoms with Gasteiger partial charge in [-0.3, -0.25) is 9.59 Å². The minimum absolute atomic E-state index is 0.00565. The molecule has 0 aliphatic carbocycles. The van der Waals surface area contributed by atoms with E-state index in [1.807, 2.05) is 0 Å². The van der Waals surface area contributed by atoms with Gasteiger partial charge in [-0.15, -0.1) is 0 Å². The highest BCUT2D eigenvalue weighted by atomic mass is 19.4. The molecule has 3 aromatic rings. The summed E-state index contributed by atoms with van der Waals surface area (Å²) in [6, 6.07) is 12.9. The average Bonchev–Trinajstić information content (AvgIpc) is 2.85. The normalized spacial score (nSPS) is 12.5. The molecule has 0 aromatic heterocycles. The zero-order valence-electron chi connectivity index (χ0n) is 19.0. The zero-order valence-corrected chi connectivity index (χ0v) is 19.0. The van der Waals surface area contributed by atoms with Gasteiger partial charge in [-0.05, 0) is 48.0 Å². The van der Waals surface area contributed by atoms with Crippen molar-refractivity contribution in [1.82, 2.24) is 10.6 Å². The summed E-state index contributed by atoms with van der Waals surface area (Å²) in [5.74, 6) is -1.59. The molecule has 0 bridgehead atoms. The van der Waals surface area contributed by atoms with Gasteiger partial charge in [0.15, 0.2) is 0 Å². The number of nitrogens with one attached hydrogen (secondary N) is 3. The van der Waals surface area contributed by atoms with Crippen LogP contribution in [0.3, 0.4) is 0 Å². The molecule has 3 aromatic carbocycles. The van der Waals surface area contributed by atoms with Crippen LogP contribution in [0.2, 0.25) is 0 Å². The van der Waals surface area contributed by atoms with Crippen LogP contribution in [0.4, 0.5) is 37.7 Å². The lowest BCUT2D eigenvalue weighted by Crippen LogP contribution is -2.48. The van der Waals surface area contributed by atoms with Crippen molar-refractivity contribution in [2.75, 3.05) is 11.9 Å². The Balaban J connectivity index is 1.66. The van der Waals surface area contributed by atoms with Crippen LogP contribution in [0, 0.1) is 0 Å². The van der Waals surface area contributed by atoms with Gasteiger partial charge in [0.25, 0.3) is 5.91 Å². The summed E-state index contributed by atoms with van der Waals surface area (Å²) >= 11 is 0. The molecule has 3 rings (SSSR count). The number of halogens is 6. The Hall–Kier alpha value is -4.06. The fourth-order valence-electron chi connectivity index (χ4n) is 3.27. The van der Waals surface area contributed by atoms with E-state index in [-0.39, 0.29) is 23.5 Å². The van der Waals surface area contributed by atoms with Gasteiger partial charge in [0.2, 0.25) is 5.91 Å². The molecule has 12 heteroatoms. The minimum atomic E-state index is -4.56. The number of aliphatic hydroxyl groups excluding tert-OH is 1. The molecule has 0 aliphatic rings. The fraction of sp³-hybridized carbons (Fsp3) is 0.200. The van der Waals surface area contributed by atoms with Crippen molar-refractivity contribution in [1.29, 1.82) is 0 Å². The lowest BCUT2D eigenvalue weighted by atomic mass is 10.1. The summed E-state index contributed by atoms with van der Waals surface area (Å²) < 4.78 is 77.1. The summed E-state index contributed by atoms with van der Waals surface area (Å²) in [4.78, 5) is 25.3. The van der Waals surface area contributed by atoms with Gasteiger partial charge in [-0.2, -0.15) is 26.3 Å². The summed E-state index contributed by atoms with van der Waals surface area (Å²) in [6.45, 7) is -0.940. The standard InChI is InChI=1S/C25H21F6N3O3/c26-24(27,28)16-10-8-15(9-11-16)13-32-23(37)21(14-35)34-22(36)19-6-1-2-7-20(19)33-18-5-3-4-17(12-18)25(29,30)31/h1-12,21,33,35H,13-14H2,(H,32,37)(H,34,36). The number of para-hydroxylation sites is 1. The number of aliphatic hydroxyl groups is 1. The van der Waals surface area contributed by atoms with Gasteiger partial charge in [-0.25, -0.2) is 0 Å². The third-order valence-corrected chi connectivity index (χ3v) is 5.19. The highest BCUT2D eigenvalue weighted by Gasteiger charge is 2.31. The largest absolute Gasteiger partial charge is 0.416 e. The first-order chi connectivity index (χ1) is 17.4. The van der Waals surface area contributed by atoms with E-state index >= 15 is 0 Å². The van der Waals surface area contributed by atoms with E-state index in [4.69, 9.17) is 0 Å². The predicted molar refractivity (Wildman–Crippen MR) is 123 cm³/mol. The van der Waals surface area contributed by atoms with E-state index in [9.17, 15) is 41.0 Å². The van der Waals surface area contributed by atoms with Crippen LogP contribution in [0.25, 0.3) is 0 Å². The third-order valence-electron chi connectivity index (χ3n) is 5.19.